The number of nitrogens with zero attached hydrogens (tertiary/aromatic N) is 1. The molecular formula is C21H26N2O4. The molecule has 1 amide bonds. The van der Waals surface area contributed by atoms with Crippen LogP contribution in [0, 0.1) is 24.0 Å². The molecule has 144 valence electrons. The van der Waals surface area contributed by atoms with E-state index in [-0.39, 0.29) is 29.1 Å². The second-order valence-corrected chi connectivity index (χ2v) is 7.06. The Labute approximate surface area is 159 Å². The van der Waals surface area contributed by atoms with Crippen LogP contribution in [0.25, 0.3) is 0 Å². The summed E-state index contributed by atoms with van der Waals surface area (Å²) in [6, 6.07) is 8.29. The number of amides is 1. The number of nitro benzene ring substituents is 1. The number of aryl methyl sites for hydroxylation is 2. The van der Waals surface area contributed by atoms with Crippen molar-refractivity contribution in [2.75, 3.05) is 7.11 Å². The zero-order chi connectivity index (χ0) is 20.3. The summed E-state index contributed by atoms with van der Waals surface area (Å²) in [5.74, 6) is 0.771. The van der Waals surface area contributed by atoms with Crippen LogP contribution in [0.15, 0.2) is 30.3 Å². The van der Waals surface area contributed by atoms with Gasteiger partial charge in [0.1, 0.15) is 5.75 Å². The van der Waals surface area contributed by atoms with Crippen LogP contribution in [-0.4, -0.2) is 17.9 Å². The van der Waals surface area contributed by atoms with Crippen LogP contribution in [0.5, 0.6) is 5.75 Å². The lowest BCUT2D eigenvalue weighted by molar-refractivity contribution is -0.385. The molecular weight excluding hydrogens is 344 g/mol. The minimum atomic E-state index is -0.474. The van der Waals surface area contributed by atoms with Crippen molar-refractivity contribution in [1.82, 2.24) is 5.32 Å². The molecule has 0 heterocycles. The van der Waals surface area contributed by atoms with Crippen LogP contribution >= 0.6 is 0 Å². The number of hydrogen-bond acceptors (Lipinski definition) is 4. The Kier molecular flexibility index (Phi) is 6.20. The van der Waals surface area contributed by atoms with Gasteiger partial charge in [0.2, 0.25) is 0 Å². The molecule has 27 heavy (non-hydrogen) atoms. The van der Waals surface area contributed by atoms with E-state index in [1.807, 2.05) is 19.9 Å². The van der Waals surface area contributed by atoms with E-state index < -0.39 is 4.92 Å². The van der Waals surface area contributed by atoms with Crippen molar-refractivity contribution in [2.45, 2.75) is 46.6 Å². The monoisotopic (exact) mass is 370 g/mol. The molecule has 0 saturated carbocycles. The van der Waals surface area contributed by atoms with Gasteiger partial charge in [-0.25, -0.2) is 0 Å². The van der Waals surface area contributed by atoms with Gasteiger partial charge in [0.05, 0.1) is 18.1 Å². The van der Waals surface area contributed by atoms with Gasteiger partial charge in [-0.1, -0.05) is 19.9 Å². The molecule has 0 aromatic heterocycles. The Morgan fingerprint density at radius 2 is 1.74 bits per heavy atom. The van der Waals surface area contributed by atoms with Crippen molar-refractivity contribution >= 4 is 11.6 Å². The lowest BCUT2D eigenvalue weighted by Crippen LogP contribution is -2.27. The number of benzene rings is 2. The maximum atomic E-state index is 12.6. The fraction of sp³-hybridized carbons (Fsp3) is 0.381. The summed E-state index contributed by atoms with van der Waals surface area (Å²) in [5, 5.41) is 14.0. The second kappa shape index (κ2) is 8.20. The van der Waals surface area contributed by atoms with E-state index in [0.717, 1.165) is 22.4 Å². The van der Waals surface area contributed by atoms with Crippen molar-refractivity contribution in [1.29, 1.82) is 0 Å². The normalized spacial score (nSPS) is 12.0. The molecule has 2 aromatic rings. The molecule has 1 N–H and O–H groups in total. The summed E-state index contributed by atoms with van der Waals surface area (Å²) in [5.41, 5.74) is 3.82. The average Bonchev–Trinajstić information content (AvgIpc) is 2.60. The molecule has 0 radical (unpaired) electrons. The second-order valence-electron chi connectivity index (χ2n) is 7.06. The highest BCUT2D eigenvalue weighted by molar-refractivity contribution is 5.95. The fourth-order valence-electron chi connectivity index (χ4n) is 3.12. The average molecular weight is 370 g/mol. The first-order chi connectivity index (χ1) is 12.6. The van der Waals surface area contributed by atoms with Gasteiger partial charge in [-0.15, -0.1) is 0 Å². The molecule has 0 spiro atoms. The fourth-order valence-corrected chi connectivity index (χ4v) is 3.12. The Morgan fingerprint density at radius 1 is 1.07 bits per heavy atom. The largest absolute Gasteiger partial charge is 0.496 e. The van der Waals surface area contributed by atoms with E-state index in [0.29, 0.717) is 5.56 Å². The summed E-state index contributed by atoms with van der Waals surface area (Å²) in [6.07, 6.45) is 0. The maximum absolute atomic E-state index is 12.6. The van der Waals surface area contributed by atoms with Crippen LogP contribution in [-0.2, 0) is 0 Å². The minimum absolute atomic E-state index is 0.0574. The van der Waals surface area contributed by atoms with Crippen molar-refractivity contribution in [2.24, 2.45) is 0 Å². The van der Waals surface area contributed by atoms with Crippen molar-refractivity contribution < 1.29 is 14.5 Å². The first-order valence-electron chi connectivity index (χ1n) is 8.90. The first-order valence-corrected chi connectivity index (χ1v) is 8.90. The highest BCUT2D eigenvalue weighted by Gasteiger charge is 2.19. The van der Waals surface area contributed by atoms with E-state index in [1.165, 1.54) is 6.07 Å². The molecule has 0 aliphatic rings. The molecule has 0 aliphatic heterocycles. The molecule has 0 aliphatic carbocycles. The number of nitrogens with one attached hydrogen (secondary N) is 1. The number of rotatable bonds is 6. The summed E-state index contributed by atoms with van der Waals surface area (Å²) in [7, 11) is 1.65. The van der Waals surface area contributed by atoms with Gasteiger partial charge >= 0.3 is 0 Å². The Balaban J connectivity index is 2.30. The number of carbonyl (C=O) groups is 1. The van der Waals surface area contributed by atoms with Gasteiger partial charge < -0.3 is 10.1 Å². The van der Waals surface area contributed by atoms with E-state index >= 15 is 0 Å². The Bertz CT molecular complexity index is 875. The van der Waals surface area contributed by atoms with Crippen molar-refractivity contribution in [3.63, 3.8) is 0 Å². The third-order valence-corrected chi connectivity index (χ3v) is 4.72. The number of ether oxygens (including phenoxy) is 1. The highest BCUT2D eigenvalue weighted by atomic mass is 16.6. The van der Waals surface area contributed by atoms with Gasteiger partial charge in [-0.05, 0) is 61.6 Å². The zero-order valence-electron chi connectivity index (χ0n) is 16.6. The predicted octanol–water partition coefficient (Wildman–Crippen LogP) is 4.83. The standard InChI is InChI=1S/C21H26N2O4/c1-12(2)17-11-18(14(4)9-20(17)27-6)15(5)22-21(24)16-8-7-13(3)19(10-16)23(25)26/h7-12,15H,1-6H3,(H,22,24). The van der Waals surface area contributed by atoms with Gasteiger partial charge in [0.15, 0.2) is 0 Å². The molecule has 6 nitrogen and oxygen atoms in total. The van der Waals surface area contributed by atoms with Gasteiger partial charge in [-0.3, -0.25) is 14.9 Å². The summed E-state index contributed by atoms with van der Waals surface area (Å²) in [6.45, 7) is 9.70. The zero-order valence-corrected chi connectivity index (χ0v) is 16.6. The smallest absolute Gasteiger partial charge is 0.273 e. The lowest BCUT2D eigenvalue weighted by atomic mass is 9.93. The molecule has 6 heteroatoms. The van der Waals surface area contributed by atoms with Crippen LogP contribution < -0.4 is 10.1 Å². The minimum Gasteiger partial charge on any atom is -0.496 e. The van der Waals surface area contributed by atoms with E-state index in [4.69, 9.17) is 4.74 Å². The molecule has 1 unspecified atom stereocenters. The molecule has 2 rings (SSSR count). The van der Waals surface area contributed by atoms with E-state index in [9.17, 15) is 14.9 Å². The van der Waals surface area contributed by atoms with Gasteiger partial charge in [-0.2, -0.15) is 0 Å². The quantitative estimate of drug-likeness (QED) is 0.583. The summed E-state index contributed by atoms with van der Waals surface area (Å²) < 4.78 is 5.47. The molecule has 0 bridgehead atoms. The number of methoxy groups -OCH3 is 1. The first kappa shape index (κ1) is 20.4. The third kappa shape index (κ3) is 4.45. The Morgan fingerprint density at radius 3 is 2.30 bits per heavy atom. The Hall–Kier alpha value is -2.89. The number of nitro groups is 1. The molecule has 0 saturated heterocycles. The van der Waals surface area contributed by atoms with Crippen LogP contribution in [0.3, 0.4) is 0 Å². The predicted molar refractivity (Wildman–Crippen MR) is 106 cm³/mol. The molecule has 0 fully saturated rings. The number of hydrogen-bond donors (Lipinski definition) is 1. The number of carbonyl (C=O) groups excluding carboxylic acids is 1. The van der Waals surface area contributed by atoms with Crippen molar-refractivity contribution in [3.05, 3.63) is 68.3 Å². The maximum Gasteiger partial charge on any atom is 0.273 e. The summed E-state index contributed by atoms with van der Waals surface area (Å²) >= 11 is 0. The van der Waals surface area contributed by atoms with E-state index in [2.05, 4.69) is 25.2 Å². The molecule has 1 atom stereocenters. The van der Waals surface area contributed by atoms with Gasteiger partial charge in [0, 0.05) is 17.2 Å². The van der Waals surface area contributed by atoms with E-state index in [1.54, 1.807) is 26.2 Å². The summed E-state index contributed by atoms with van der Waals surface area (Å²) in [4.78, 5) is 23.2. The highest BCUT2D eigenvalue weighted by Crippen LogP contribution is 2.32. The third-order valence-electron chi connectivity index (χ3n) is 4.72. The van der Waals surface area contributed by atoms with Crippen molar-refractivity contribution in [3.8, 4) is 5.75 Å². The molecule has 2 aromatic carbocycles. The lowest BCUT2D eigenvalue weighted by Gasteiger charge is -2.21. The van der Waals surface area contributed by atoms with Gasteiger partial charge in [0.25, 0.3) is 11.6 Å². The van der Waals surface area contributed by atoms with Crippen LogP contribution in [0.4, 0.5) is 5.69 Å². The SMILES string of the molecule is COc1cc(C)c(C(C)NC(=O)c2ccc(C)c([N+](=O)[O-])c2)cc1C(C)C. The topological polar surface area (TPSA) is 81.5 Å². The van der Waals surface area contributed by atoms with Crippen LogP contribution in [0.1, 0.15) is 65.3 Å². The van der Waals surface area contributed by atoms with Crippen LogP contribution in [0.2, 0.25) is 0 Å².